The maximum Gasteiger partial charge on any atom is 0.264 e. The molecule has 2 aliphatic rings. The third-order valence-corrected chi connectivity index (χ3v) is 6.96. The lowest BCUT2D eigenvalue weighted by atomic mass is 9.91. The number of nitrogens with zero attached hydrogens (tertiary/aromatic N) is 2. The van der Waals surface area contributed by atoms with Gasteiger partial charge in [-0.3, -0.25) is 14.4 Å². The molecule has 0 radical (unpaired) electrons. The molecule has 1 aliphatic heterocycles. The fraction of sp³-hybridized carbons (Fsp3) is 0.682. The molecule has 166 valence electrons. The number of carbonyl (C=O) groups is 3. The van der Waals surface area contributed by atoms with E-state index in [1.165, 1.54) is 18.3 Å². The van der Waals surface area contributed by atoms with Crippen molar-refractivity contribution in [2.24, 2.45) is 11.7 Å². The third kappa shape index (κ3) is 5.40. The van der Waals surface area contributed by atoms with Crippen LogP contribution in [-0.2, 0) is 9.59 Å². The molecule has 7 nitrogen and oxygen atoms in total. The molecule has 2 heterocycles. The molecule has 3 N–H and O–H groups in total. The monoisotopic (exact) mass is 434 g/mol. The van der Waals surface area contributed by atoms with E-state index in [2.05, 4.69) is 19.2 Å². The maximum atomic E-state index is 13.1. The second kappa shape index (κ2) is 9.92. The Kier molecular flexibility index (Phi) is 7.52. The van der Waals surface area contributed by atoms with Crippen molar-refractivity contribution in [3.63, 3.8) is 0 Å². The third-order valence-electron chi connectivity index (χ3n) is 6.10. The average molecular weight is 435 g/mol. The molecule has 1 aromatic heterocycles. The summed E-state index contributed by atoms with van der Waals surface area (Å²) in [6, 6.07) is 3.33. The fourth-order valence-corrected chi connectivity index (χ4v) is 5.21. The number of thiophene rings is 1. The normalized spacial score (nSPS) is 26.6. The van der Waals surface area contributed by atoms with E-state index in [0.29, 0.717) is 30.3 Å². The number of likely N-dealkylation sites (tertiary alicyclic amines) is 1. The molecule has 1 saturated carbocycles. The predicted octanol–water partition coefficient (Wildman–Crippen LogP) is 2.22. The lowest BCUT2D eigenvalue weighted by molar-refractivity contribution is -0.137. The SMILES string of the molecule is CC(=O)N1CC(N(CC(C)C)C(=O)c2cccs2)CC1C(=O)NC1CCC(N)CC1. The van der Waals surface area contributed by atoms with E-state index in [4.69, 9.17) is 5.73 Å². The fourth-order valence-electron chi connectivity index (χ4n) is 4.53. The highest BCUT2D eigenvalue weighted by molar-refractivity contribution is 7.12. The zero-order valence-corrected chi connectivity index (χ0v) is 19.0. The van der Waals surface area contributed by atoms with Gasteiger partial charge >= 0.3 is 0 Å². The Labute approximate surface area is 183 Å². The van der Waals surface area contributed by atoms with Gasteiger partial charge in [-0.05, 0) is 49.5 Å². The minimum Gasteiger partial charge on any atom is -0.352 e. The molecule has 1 saturated heterocycles. The van der Waals surface area contributed by atoms with Gasteiger partial charge in [0.15, 0.2) is 0 Å². The molecule has 0 aromatic carbocycles. The van der Waals surface area contributed by atoms with Gasteiger partial charge in [-0.25, -0.2) is 0 Å². The smallest absolute Gasteiger partial charge is 0.264 e. The first-order valence-electron chi connectivity index (χ1n) is 10.9. The van der Waals surface area contributed by atoms with Gasteiger partial charge in [0.05, 0.1) is 10.9 Å². The zero-order chi connectivity index (χ0) is 21.8. The Bertz CT molecular complexity index is 744. The van der Waals surface area contributed by atoms with Gasteiger partial charge < -0.3 is 20.9 Å². The number of carbonyl (C=O) groups excluding carboxylic acids is 3. The zero-order valence-electron chi connectivity index (χ0n) is 18.2. The van der Waals surface area contributed by atoms with Crippen molar-refractivity contribution in [3.8, 4) is 0 Å². The number of amides is 3. The summed E-state index contributed by atoms with van der Waals surface area (Å²) >= 11 is 1.42. The molecule has 2 atom stereocenters. The van der Waals surface area contributed by atoms with E-state index < -0.39 is 6.04 Å². The Morgan fingerprint density at radius 1 is 1.27 bits per heavy atom. The Morgan fingerprint density at radius 3 is 2.53 bits per heavy atom. The van der Waals surface area contributed by atoms with Crippen molar-refractivity contribution < 1.29 is 14.4 Å². The van der Waals surface area contributed by atoms with E-state index in [1.807, 2.05) is 22.4 Å². The minimum absolute atomic E-state index is 0.0190. The second-order valence-corrected chi connectivity index (χ2v) is 9.97. The number of nitrogens with two attached hydrogens (primary N) is 1. The van der Waals surface area contributed by atoms with Crippen molar-refractivity contribution in [2.45, 2.75) is 77.0 Å². The summed E-state index contributed by atoms with van der Waals surface area (Å²) in [5.41, 5.74) is 5.97. The molecule has 2 unspecified atom stereocenters. The molecule has 0 spiro atoms. The van der Waals surface area contributed by atoms with E-state index in [9.17, 15) is 14.4 Å². The molecule has 1 aromatic rings. The highest BCUT2D eigenvalue weighted by Crippen LogP contribution is 2.27. The van der Waals surface area contributed by atoms with Gasteiger partial charge in [-0.2, -0.15) is 0 Å². The lowest BCUT2D eigenvalue weighted by Gasteiger charge is -2.30. The van der Waals surface area contributed by atoms with Crippen molar-refractivity contribution >= 4 is 29.1 Å². The van der Waals surface area contributed by atoms with E-state index in [0.717, 1.165) is 25.7 Å². The first-order chi connectivity index (χ1) is 14.3. The first-order valence-corrected chi connectivity index (χ1v) is 11.8. The van der Waals surface area contributed by atoms with Crippen LogP contribution in [0.1, 0.15) is 62.5 Å². The summed E-state index contributed by atoms with van der Waals surface area (Å²) in [5.74, 6) is 0.0335. The van der Waals surface area contributed by atoms with Gasteiger partial charge in [0, 0.05) is 32.1 Å². The van der Waals surface area contributed by atoms with Gasteiger partial charge in [-0.1, -0.05) is 19.9 Å². The standard InChI is InChI=1S/C22H34N4O3S/c1-14(2)12-26(22(29)20-5-4-10-30-20)18-11-19(25(13-18)15(3)27)21(28)24-17-8-6-16(23)7-9-17/h4-5,10,14,16-19H,6-9,11-13,23H2,1-3H3,(H,24,28). The summed E-state index contributed by atoms with van der Waals surface area (Å²) in [7, 11) is 0. The maximum absolute atomic E-state index is 13.1. The molecule has 3 rings (SSSR count). The number of hydrogen-bond donors (Lipinski definition) is 2. The van der Waals surface area contributed by atoms with Crippen molar-refractivity contribution in [1.29, 1.82) is 0 Å². The molecule has 0 bridgehead atoms. The summed E-state index contributed by atoms with van der Waals surface area (Å²) in [4.78, 5) is 42.7. The van der Waals surface area contributed by atoms with Crippen molar-refractivity contribution in [1.82, 2.24) is 15.1 Å². The molecule has 3 amide bonds. The highest BCUT2D eigenvalue weighted by atomic mass is 32.1. The Balaban J connectivity index is 1.73. The quantitative estimate of drug-likeness (QED) is 0.718. The number of hydrogen-bond acceptors (Lipinski definition) is 5. The van der Waals surface area contributed by atoms with Crippen LogP contribution < -0.4 is 11.1 Å². The van der Waals surface area contributed by atoms with Crippen LogP contribution in [0.25, 0.3) is 0 Å². The second-order valence-electron chi connectivity index (χ2n) is 9.03. The van der Waals surface area contributed by atoms with Gasteiger partial charge in [0.2, 0.25) is 11.8 Å². The first kappa shape index (κ1) is 22.7. The molecular weight excluding hydrogens is 400 g/mol. The average Bonchev–Trinajstić information content (AvgIpc) is 3.37. The van der Waals surface area contributed by atoms with E-state index in [-0.39, 0.29) is 35.8 Å². The molecule has 2 fully saturated rings. The minimum atomic E-state index is -0.533. The van der Waals surface area contributed by atoms with Gasteiger partial charge in [0.25, 0.3) is 5.91 Å². The van der Waals surface area contributed by atoms with Crippen LogP contribution in [0.5, 0.6) is 0 Å². The highest BCUT2D eigenvalue weighted by Gasteiger charge is 2.42. The van der Waals surface area contributed by atoms with Crippen LogP contribution in [0.3, 0.4) is 0 Å². The van der Waals surface area contributed by atoms with Crippen LogP contribution >= 0.6 is 11.3 Å². The predicted molar refractivity (Wildman–Crippen MR) is 118 cm³/mol. The lowest BCUT2D eigenvalue weighted by Crippen LogP contribution is -2.49. The van der Waals surface area contributed by atoms with E-state index >= 15 is 0 Å². The van der Waals surface area contributed by atoms with Gasteiger partial charge in [-0.15, -0.1) is 11.3 Å². The van der Waals surface area contributed by atoms with Crippen LogP contribution in [0.15, 0.2) is 17.5 Å². The summed E-state index contributed by atoms with van der Waals surface area (Å²) in [6.45, 7) is 6.64. The summed E-state index contributed by atoms with van der Waals surface area (Å²) < 4.78 is 0. The number of rotatable bonds is 6. The molecule has 8 heteroatoms. The van der Waals surface area contributed by atoms with Crippen LogP contribution in [0, 0.1) is 5.92 Å². The van der Waals surface area contributed by atoms with Crippen molar-refractivity contribution in [3.05, 3.63) is 22.4 Å². The van der Waals surface area contributed by atoms with Crippen molar-refractivity contribution in [2.75, 3.05) is 13.1 Å². The largest absolute Gasteiger partial charge is 0.352 e. The molecule has 30 heavy (non-hydrogen) atoms. The molecular formula is C22H34N4O3S. The Hall–Kier alpha value is -1.93. The Morgan fingerprint density at radius 2 is 1.97 bits per heavy atom. The van der Waals surface area contributed by atoms with Crippen LogP contribution in [-0.4, -0.2) is 64.8 Å². The van der Waals surface area contributed by atoms with Crippen LogP contribution in [0.2, 0.25) is 0 Å². The topological polar surface area (TPSA) is 95.7 Å². The summed E-state index contributed by atoms with van der Waals surface area (Å²) in [5, 5.41) is 5.03. The van der Waals surface area contributed by atoms with Gasteiger partial charge in [0.1, 0.15) is 6.04 Å². The molecule has 1 aliphatic carbocycles. The number of nitrogens with one attached hydrogen (secondary N) is 1. The van der Waals surface area contributed by atoms with E-state index in [1.54, 1.807) is 4.90 Å². The summed E-state index contributed by atoms with van der Waals surface area (Å²) in [6.07, 6.45) is 4.04. The van der Waals surface area contributed by atoms with Crippen LogP contribution in [0.4, 0.5) is 0 Å².